The largest absolute Gasteiger partial charge is 0.477 e. The van der Waals surface area contributed by atoms with Gasteiger partial charge in [0, 0.05) is 18.6 Å². The van der Waals surface area contributed by atoms with Gasteiger partial charge in [-0.05, 0) is 19.4 Å². The van der Waals surface area contributed by atoms with Gasteiger partial charge in [0.05, 0.1) is 4.92 Å². The van der Waals surface area contributed by atoms with Gasteiger partial charge < -0.3 is 10.4 Å². The van der Waals surface area contributed by atoms with Gasteiger partial charge in [0.15, 0.2) is 4.34 Å². The van der Waals surface area contributed by atoms with Crippen molar-refractivity contribution in [2.75, 3.05) is 11.5 Å². The lowest BCUT2D eigenvalue weighted by Crippen LogP contribution is -2.70. The molecule has 0 aliphatic carbocycles. The first kappa shape index (κ1) is 23.2. The number of carboxylic acids is 1. The van der Waals surface area contributed by atoms with Crippen LogP contribution >= 0.6 is 34.9 Å². The second-order valence-corrected chi connectivity index (χ2v) is 10.7. The molecular weight excluding hydrogens is 494 g/mol. The monoisotopic (exact) mass is 511 g/mol. The molecule has 2 aromatic heterocycles. The van der Waals surface area contributed by atoms with Crippen LogP contribution in [-0.4, -0.2) is 75.6 Å². The molecule has 13 nitrogen and oxygen atoms in total. The average molecular weight is 512 g/mol. The third-order valence-corrected chi connectivity index (χ3v) is 8.51. The molecule has 4 heterocycles. The Morgan fingerprint density at radius 3 is 2.70 bits per heavy atom. The third kappa shape index (κ3) is 4.08. The van der Waals surface area contributed by atoms with E-state index in [2.05, 4.69) is 20.6 Å². The van der Waals surface area contributed by atoms with E-state index in [-0.39, 0.29) is 11.4 Å². The fourth-order valence-corrected chi connectivity index (χ4v) is 6.76. The van der Waals surface area contributed by atoms with Crippen molar-refractivity contribution in [1.82, 2.24) is 30.2 Å². The highest BCUT2D eigenvalue weighted by Crippen LogP contribution is 2.42. The Bertz CT molecular complexity index is 1220. The number of amides is 2. The maximum Gasteiger partial charge on any atom is 0.352 e. The molecular formula is C17H17N7O6S3. The Morgan fingerprint density at radius 2 is 2.09 bits per heavy atom. The Balaban J connectivity index is 1.51. The summed E-state index contributed by atoms with van der Waals surface area (Å²) in [5.74, 6) is -2.02. The van der Waals surface area contributed by atoms with Crippen LogP contribution in [0.4, 0.5) is 5.69 Å². The first-order valence-electron chi connectivity index (χ1n) is 9.42. The molecule has 1 fully saturated rings. The number of nitro groups is 1. The van der Waals surface area contributed by atoms with Gasteiger partial charge >= 0.3 is 11.7 Å². The maximum atomic E-state index is 12.8. The number of aryl methyl sites for hydroxylation is 2. The second kappa shape index (κ2) is 8.75. The van der Waals surface area contributed by atoms with Crippen LogP contribution < -0.4 is 5.32 Å². The van der Waals surface area contributed by atoms with Crippen molar-refractivity contribution in [2.45, 2.75) is 29.6 Å². The number of aliphatic carboxylic acids is 1. The minimum Gasteiger partial charge on any atom is -0.477 e. The molecule has 0 spiro atoms. The van der Waals surface area contributed by atoms with Crippen molar-refractivity contribution in [3.8, 4) is 0 Å². The lowest BCUT2D eigenvalue weighted by atomic mass is 10.0. The van der Waals surface area contributed by atoms with Crippen LogP contribution in [0, 0.1) is 24.0 Å². The number of aromatic nitrogens is 4. The molecule has 2 unspecified atom stereocenters. The molecule has 0 saturated carbocycles. The molecule has 2 N–H and O–H groups in total. The van der Waals surface area contributed by atoms with E-state index in [1.165, 1.54) is 53.5 Å². The van der Waals surface area contributed by atoms with Gasteiger partial charge in [0.25, 0.3) is 11.8 Å². The maximum absolute atomic E-state index is 12.8. The van der Waals surface area contributed by atoms with Gasteiger partial charge in [0.1, 0.15) is 27.8 Å². The second-order valence-electron chi connectivity index (χ2n) is 7.16. The van der Waals surface area contributed by atoms with Gasteiger partial charge in [-0.3, -0.25) is 29.3 Å². The molecule has 16 heteroatoms. The van der Waals surface area contributed by atoms with E-state index in [4.69, 9.17) is 0 Å². The van der Waals surface area contributed by atoms with Crippen molar-refractivity contribution < 1.29 is 24.4 Å². The third-order valence-electron chi connectivity index (χ3n) is 5.11. The SMILES string of the molecule is Cc1nnc(SCC2=C(C(=O)O)N3C(=O)C(NC(=O)c4nn(C)c(C)c4[N+](=O)[O-])C3SC2)s1. The summed E-state index contributed by atoms with van der Waals surface area (Å²) in [5.41, 5.74) is -0.182. The first-order chi connectivity index (χ1) is 15.6. The average Bonchev–Trinajstić information content (AvgIpc) is 3.31. The summed E-state index contributed by atoms with van der Waals surface area (Å²) in [4.78, 5) is 49.3. The summed E-state index contributed by atoms with van der Waals surface area (Å²) >= 11 is 4.05. The van der Waals surface area contributed by atoms with E-state index in [1.807, 2.05) is 6.92 Å². The Hall–Kier alpha value is -2.98. The molecule has 2 amide bonds. The molecule has 2 aliphatic rings. The number of β-lactam (4-membered cyclic amide) rings is 1. The fourth-order valence-electron chi connectivity index (χ4n) is 3.46. The van der Waals surface area contributed by atoms with E-state index < -0.39 is 45.5 Å². The summed E-state index contributed by atoms with van der Waals surface area (Å²) < 4.78 is 1.91. The van der Waals surface area contributed by atoms with Crippen molar-refractivity contribution >= 4 is 58.3 Å². The van der Waals surface area contributed by atoms with Crippen LogP contribution in [0.15, 0.2) is 15.6 Å². The summed E-state index contributed by atoms with van der Waals surface area (Å²) in [6, 6.07) is -1.02. The lowest BCUT2D eigenvalue weighted by Gasteiger charge is -2.49. The molecule has 2 aromatic rings. The van der Waals surface area contributed by atoms with Crippen LogP contribution in [0.1, 0.15) is 21.2 Å². The molecule has 2 atom stereocenters. The topological polar surface area (TPSA) is 173 Å². The van der Waals surface area contributed by atoms with Crippen LogP contribution in [0.3, 0.4) is 0 Å². The number of hydrogen-bond donors (Lipinski definition) is 2. The minimum absolute atomic E-state index is 0.109. The Labute approximate surface area is 198 Å². The number of carbonyl (C=O) groups excluding carboxylic acids is 2. The Kier molecular flexibility index (Phi) is 6.15. The summed E-state index contributed by atoms with van der Waals surface area (Å²) in [7, 11) is 1.47. The van der Waals surface area contributed by atoms with E-state index in [0.717, 1.165) is 9.91 Å². The number of fused-ring (bicyclic) bond motifs is 1. The minimum atomic E-state index is -1.24. The molecule has 4 rings (SSSR count). The number of carboxylic acid groups (broad SMARTS) is 1. The van der Waals surface area contributed by atoms with Gasteiger partial charge in [-0.25, -0.2) is 4.79 Å². The van der Waals surface area contributed by atoms with Crippen LogP contribution in [-0.2, 0) is 16.6 Å². The normalized spacial score (nSPS) is 19.8. The van der Waals surface area contributed by atoms with Crippen molar-refractivity contribution in [3.63, 3.8) is 0 Å². The molecule has 0 bridgehead atoms. The van der Waals surface area contributed by atoms with Crippen LogP contribution in [0.5, 0.6) is 0 Å². The lowest BCUT2D eigenvalue weighted by molar-refractivity contribution is -0.385. The van der Waals surface area contributed by atoms with Gasteiger partial charge in [-0.1, -0.05) is 23.1 Å². The Morgan fingerprint density at radius 1 is 1.36 bits per heavy atom. The molecule has 0 radical (unpaired) electrons. The zero-order valence-electron chi connectivity index (χ0n) is 17.5. The number of rotatable bonds is 7. The van der Waals surface area contributed by atoms with E-state index in [1.54, 1.807) is 0 Å². The highest BCUT2D eigenvalue weighted by Gasteiger charge is 2.54. The van der Waals surface area contributed by atoms with Crippen molar-refractivity contribution in [3.05, 3.63) is 37.8 Å². The number of thioether (sulfide) groups is 2. The first-order valence-corrected chi connectivity index (χ1v) is 12.3. The molecule has 2 aliphatic heterocycles. The van der Waals surface area contributed by atoms with E-state index in [9.17, 15) is 29.6 Å². The van der Waals surface area contributed by atoms with Gasteiger partial charge in [0.2, 0.25) is 5.69 Å². The smallest absolute Gasteiger partial charge is 0.352 e. The summed E-state index contributed by atoms with van der Waals surface area (Å²) in [6.45, 7) is 3.28. The van der Waals surface area contributed by atoms with Crippen LogP contribution in [0.2, 0.25) is 0 Å². The highest BCUT2D eigenvalue weighted by atomic mass is 32.2. The zero-order chi connectivity index (χ0) is 24.0. The zero-order valence-corrected chi connectivity index (χ0v) is 19.9. The number of nitrogens with one attached hydrogen (secondary N) is 1. The standard InChI is InChI=1S/C17H17N7O6S3/c1-6-11(24(29)30)9(21-22(6)3)13(25)18-10-14(26)23-12(16(27)28)8(4-31-15(10)23)5-32-17-20-19-7(2)33-17/h10,15H,4-5H2,1-3H3,(H,18,25)(H,27,28). The van der Waals surface area contributed by atoms with E-state index in [0.29, 0.717) is 21.4 Å². The number of hydrogen-bond acceptors (Lipinski definition) is 11. The molecule has 174 valence electrons. The number of nitrogens with zero attached hydrogens (tertiary/aromatic N) is 6. The predicted octanol–water partition coefficient (Wildman–Crippen LogP) is 0.941. The summed E-state index contributed by atoms with van der Waals surface area (Å²) in [5, 5.41) is 35.6. The number of carbonyl (C=O) groups is 3. The van der Waals surface area contributed by atoms with Crippen LogP contribution in [0.25, 0.3) is 0 Å². The van der Waals surface area contributed by atoms with E-state index >= 15 is 0 Å². The highest BCUT2D eigenvalue weighted by molar-refractivity contribution is 8.01. The van der Waals surface area contributed by atoms with Crippen molar-refractivity contribution in [2.24, 2.45) is 7.05 Å². The molecule has 1 saturated heterocycles. The fraction of sp³-hybridized carbons (Fsp3) is 0.412. The summed E-state index contributed by atoms with van der Waals surface area (Å²) in [6.07, 6.45) is 0. The van der Waals surface area contributed by atoms with Crippen molar-refractivity contribution in [1.29, 1.82) is 0 Å². The van der Waals surface area contributed by atoms with Gasteiger partial charge in [-0.15, -0.1) is 22.0 Å². The molecule has 33 heavy (non-hydrogen) atoms. The quantitative estimate of drug-likeness (QED) is 0.234. The molecule has 0 aromatic carbocycles. The van der Waals surface area contributed by atoms with Gasteiger partial charge in [-0.2, -0.15) is 5.10 Å². The predicted molar refractivity (Wildman–Crippen MR) is 119 cm³/mol.